The number of ether oxygens (including phenoxy) is 1. The zero-order valence-electron chi connectivity index (χ0n) is 11.3. The first-order chi connectivity index (χ1) is 9.65. The number of carbonyl (C=O) groups is 2. The number of nitrogens with one attached hydrogen (secondary N) is 1. The van der Waals surface area contributed by atoms with Crippen LogP contribution in [0.4, 0.5) is 0 Å². The van der Waals surface area contributed by atoms with Crippen molar-refractivity contribution in [2.75, 3.05) is 19.8 Å². The highest BCUT2D eigenvalue weighted by atomic mass is 16.5. The van der Waals surface area contributed by atoms with Gasteiger partial charge in [0.05, 0.1) is 18.6 Å². The molecule has 1 saturated heterocycles. The smallest absolute Gasteiger partial charge is 0.335 e. The summed E-state index contributed by atoms with van der Waals surface area (Å²) in [6.07, 6.45) is 2.41. The van der Waals surface area contributed by atoms with Crippen LogP contribution in [0, 0.1) is 5.92 Å². The molecule has 20 heavy (non-hydrogen) atoms. The van der Waals surface area contributed by atoms with Crippen LogP contribution in [0.3, 0.4) is 0 Å². The molecule has 2 N–H and O–H groups in total. The van der Waals surface area contributed by atoms with Crippen molar-refractivity contribution in [3.8, 4) is 0 Å². The van der Waals surface area contributed by atoms with Crippen molar-refractivity contribution in [2.45, 2.75) is 19.3 Å². The Kier molecular flexibility index (Phi) is 5.12. The van der Waals surface area contributed by atoms with Gasteiger partial charge < -0.3 is 15.2 Å². The minimum absolute atomic E-state index is 0.0429. The normalized spacial score (nSPS) is 18.5. The van der Waals surface area contributed by atoms with E-state index in [1.165, 1.54) is 12.1 Å². The second-order valence-corrected chi connectivity index (χ2v) is 5.07. The average molecular weight is 277 g/mol. The standard InChI is InChI=1S/C15H19NO4/c17-14(16-9-12-2-1-7-20-10-12)8-11-3-5-13(6-4-11)15(18)19/h3-6,12H,1-2,7-10H2,(H,16,17)(H,18,19). The number of benzene rings is 1. The number of carbonyl (C=O) groups excluding carboxylic acids is 1. The maximum Gasteiger partial charge on any atom is 0.335 e. The van der Waals surface area contributed by atoms with Crippen LogP contribution in [-0.4, -0.2) is 36.7 Å². The van der Waals surface area contributed by atoms with Crippen LogP contribution in [0.2, 0.25) is 0 Å². The minimum Gasteiger partial charge on any atom is -0.478 e. The fourth-order valence-electron chi connectivity index (χ4n) is 2.24. The van der Waals surface area contributed by atoms with Crippen LogP contribution in [0.1, 0.15) is 28.8 Å². The zero-order valence-corrected chi connectivity index (χ0v) is 11.3. The molecule has 1 aliphatic rings. The van der Waals surface area contributed by atoms with Crippen molar-refractivity contribution in [2.24, 2.45) is 5.92 Å². The quantitative estimate of drug-likeness (QED) is 0.854. The Morgan fingerprint density at radius 2 is 2.05 bits per heavy atom. The van der Waals surface area contributed by atoms with Gasteiger partial charge in [-0.1, -0.05) is 12.1 Å². The summed E-state index contributed by atoms with van der Waals surface area (Å²) in [6, 6.07) is 6.37. The molecular formula is C15H19NO4. The van der Waals surface area contributed by atoms with Gasteiger partial charge in [0, 0.05) is 13.2 Å². The van der Waals surface area contributed by atoms with Crippen molar-refractivity contribution in [1.82, 2.24) is 5.32 Å². The molecule has 1 amide bonds. The maximum atomic E-state index is 11.8. The number of rotatable bonds is 5. The lowest BCUT2D eigenvalue weighted by Crippen LogP contribution is -2.34. The number of carboxylic acids is 1. The Morgan fingerprint density at radius 1 is 1.30 bits per heavy atom. The number of hydrogen-bond acceptors (Lipinski definition) is 3. The average Bonchev–Trinajstić information content (AvgIpc) is 2.47. The molecule has 0 bridgehead atoms. The molecule has 0 aliphatic carbocycles. The van der Waals surface area contributed by atoms with Crippen LogP contribution in [0.5, 0.6) is 0 Å². The first-order valence-corrected chi connectivity index (χ1v) is 6.82. The van der Waals surface area contributed by atoms with E-state index in [4.69, 9.17) is 9.84 Å². The number of amides is 1. The van der Waals surface area contributed by atoms with Gasteiger partial charge in [-0.25, -0.2) is 4.79 Å². The highest BCUT2D eigenvalue weighted by Crippen LogP contribution is 2.12. The van der Waals surface area contributed by atoms with E-state index in [0.717, 1.165) is 25.0 Å². The van der Waals surface area contributed by atoms with E-state index >= 15 is 0 Å². The van der Waals surface area contributed by atoms with E-state index in [2.05, 4.69) is 5.32 Å². The predicted molar refractivity (Wildman–Crippen MR) is 73.7 cm³/mol. The third kappa shape index (κ3) is 4.35. The van der Waals surface area contributed by atoms with Crippen LogP contribution in [-0.2, 0) is 16.0 Å². The van der Waals surface area contributed by atoms with Gasteiger partial charge in [0.15, 0.2) is 0 Å². The Hall–Kier alpha value is -1.88. The minimum atomic E-state index is -0.960. The molecule has 0 radical (unpaired) electrons. The SMILES string of the molecule is O=C(Cc1ccc(C(=O)O)cc1)NCC1CCCOC1. The van der Waals surface area contributed by atoms with Gasteiger partial charge in [-0.2, -0.15) is 0 Å². The topological polar surface area (TPSA) is 75.6 Å². The van der Waals surface area contributed by atoms with Gasteiger partial charge in [0.2, 0.25) is 5.91 Å². The van der Waals surface area contributed by atoms with Gasteiger partial charge in [-0.05, 0) is 36.5 Å². The fraction of sp³-hybridized carbons (Fsp3) is 0.467. The molecule has 1 unspecified atom stereocenters. The summed E-state index contributed by atoms with van der Waals surface area (Å²) in [4.78, 5) is 22.5. The fourth-order valence-corrected chi connectivity index (χ4v) is 2.24. The van der Waals surface area contributed by atoms with Crippen molar-refractivity contribution >= 4 is 11.9 Å². The maximum absolute atomic E-state index is 11.8. The molecule has 5 heteroatoms. The summed E-state index contributed by atoms with van der Waals surface area (Å²) >= 11 is 0. The molecule has 1 aliphatic heterocycles. The molecule has 2 rings (SSSR count). The lowest BCUT2D eigenvalue weighted by atomic mass is 10.0. The van der Waals surface area contributed by atoms with Crippen molar-refractivity contribution in [1.29, 1.82) is 0 Å². The Morgan fingerprint density at radius 3 is 2.65 bits per heavy atom. The van der Waals surface area contributed by atoms with E-state index in [1.54, 1.807) is 12.1 Å². The second kappa shape index (κ2) is 7.05. The molecule has 1 fully saturated rings. The van der Waals surface area contributed by atoms with Crippen LogP contribution >= 0.6 is 0 Å². The molecule has 0 spiro atoms. The van der Waals surface area contributed by atoms with E-state index in [1.807, 2.05) is 0 Å². The summed E-state index contributed by atoms with van der Waals surface area (Å²) < 4.78 is 5.36. The van der Waals surface area contributed by atoms with Crippen molar-refractivity contribution < 1.29 is 19.4 Å². The molecule has 0 saturated carbocycles. The summed E-state index contributed by atoms with van der Waals surface area (Å²) in [6.45, 7) is 2.18. The Bertz CT molecular complexity index is 463. The Labute approximate surface area is 117 Å². The number of carboxylic acid groups (broad SMARTS) is 1. The van der Waals surface area contributed by atoms with E-state index in [0.29, 0.717) is 19.1 Å². The van der Waals surface area contributed by atoms with Gasteiger partial charge >= 0.3 is 5.97 Å². The predicted octanol–water partition coefficient (Wildman–Crippen LogP) is 1.47. The van der Waals surface area contributed by atoms with Crippen LogP contribution in [0.15, 0.2) is 24.3 Å². The Balaban J connectivity index is 1.77. The third-order valence-corrected chi connectivity index (χ3v) is 3.41. The van der Waals surface area contributed by atoms with Crippen LogP contribution in [0.25, 0.3) is 0 Å². The van der Waals surface area contributed by atoms with Crippen molar-refractivity contribution in [3.05, 3.63) is 35.4 Å². The molecule has 1 aromatic rings. The second-order valence-electron chi connectivity index (χ2n) is 5.07. The van der Waals surface area contributed by atoms with Gasteiger partial charge in [-0.3, -0.25) is 4.79 Å². The third-order valence-electron chi connectivity index (χ3n) is 3.41. The molecule has 1 atom stereocenters. The van der Waals surface area contributed by atoms with Crippen LogP contribution < -0.4 is 5.32 Å². The summed E-state index contributed by atoms with van der Waals surface area (Å²) in [5, 5.41) is 11.7. The summed E-state index contributed by atoms with van der Waals surface area (Å²) in [7, 11) is 0. The van der Waals surface area contributed by atoms with Gasteiger partial charge in [-0.15, -0.1) is 0 Å². The molecule has 108 valence electrons. The molecule has 1 heterocycles. The number of hydrogen-bond donors (Lipinski definition) is 2. The van der Waals surface area contributed by atoms with Gasteiger partial charge in [0.25, 0.3) is 0 Å². The largest absolute Gasteiger partial charge is 0.478 e. The van der Waals surface area contributed by atoms with E-state index < -0.39 is 5.97 Å². The molecule has 1 aromatic carbocycles. The van der Waals surface area contributed by atoms with Gasteiger partial charge in [0.1, 0.15) is 0 Å². The lowest BCUT2D eigenvalue weighted by Gasteiger charge is -2.22. The zero-order chi connectivity index (χ0) is 14.4. The molecule has 5 nitrogen and oxygen atoms in total. The summed E-state index contributed by atoms with van der Waals surface area (Å²) in [5.74, 6) is -0.598. The molecule has 0 aromatic heterocycles. The monoisotopic (exact) mass is 277 g/mol. The highest BCUT2D eigenvalue weighted by Gasteiger charge is 2.14. The van der Waals surface area contributed by atoms with E-state index in [-0.39, 0.29) is 17.9 Å². The first kappa shape index (κ1) is 14.5. The summed E-state index contributed by atoms with van der Waals surface area (Å²) in [5.41, 5.74) is 1.04. The van der Waals surface area contributed by atoms with Crippen molar-refractivity contribution in [3.63, 3.8) is 0 Å². The lowest BCUT2D eigenvalue weighted by molar-refractivity contribution is -0.120. The van der Waals surface area contributed by atoms with E-state index in [9.17, 15) is 9.59 Å². The first-order valence-electron chi connectivity index (χ1n) is 6.82. The molecular weight excluding hydrogens is 258 g/mol. The highest BCUT2D eigenvalue weighted by molar-refractivity contribution is 5.87. The number of aromatic carboxylic acids is 1.